The second-order valence-corrected chi connectivity index (χ2v) is 4.85. The highest BCUT2D eigenvalue weighted by Gasteiger charge is 2.23. The van der Waals surface area contributed by atoms with E-state index < -0.39 is 0 Å². The van der Waals surface area contributed by atoms with Crippen molar-refractivity contribution in [2.24, 2.45) is 0 Å². The van der Waals surface area contributed by atoms with Crippen molar-refractivity contribution in [3.63, 3.8) is 0 Å². The Morgan fingerprint density at radius 3 is 3.00 bits per heavy atom. The van der Waals surface area contributed by atoms with E-state index in [0.717, 1.165) is 30.8 Å². The molecular weight excluding hydrogens is 224 g/mol. The summed E-state index contributed by atoms with van der Waals surface area (Å²) in [6, 6.07) is 12.9. The number of fused-ring (bicyclic) bond motifs is 1. The van der Waals surface area contributed by atoms with Gasteiger partial charge in [-0.05, 0) is 25.5 Å². The van der Waals surface area contributed by atoms with Gasteiger partial charge >= 0.3 is 0 Å². The maximum atomic E-state index is 5.54. The van der Waals surface area contributed by atoms with Crippen LogP contribution in [-0.4, -0.2) is 23.7 Å². The molecule has 3 rings (SSSR count). The molecule has 18 heavy (non-hydrogen) atoms. The molecule has 2 unspecified atom stereocenters. The SMILES string of the molecule is CC1OCCC1NCc1ccc2ccccc2n1. The van der Waals surface area contributed by atoms with Crippen LogP contribution in [0.4, 0.5) is 0 Å². The number of rotatable bonds is 3. The summed E-state index contributed by atoms with van der Waals surface area (Å²) in [5.41, 5.74) is 2.15. The fourth-order valence-electron chi connectivity index (χ4n) is 2.44. The zero-order valence-electron chi connectivity index (χ0n) is 10.6. The van der Waals surface area contributed by atoms with Crippen LogP contribution in [0.25, 0.3) is 10.9 Å². The van der Waals surface area contributed by atoms with E-state index in [-0.39, 0.29) is 0 Å². The van der Waals surface area contributed by atoms with Gasteiger partial charge in [-0.2, -0.15) is 0 Å². The number of ether oxygens (including phenoxy) is 1. The minimum atomic E-state index is 0.311. The van der Waals surface area contributed by atoms with Gasteiger partial charge in [0.25, 0.3) is 0 Å². The first kappa shape index (κ1) is 11.6. The van der Waals surface area contributed by atoms with Gasteiger partial charge in [-0.15, -0.1) is 0 Å². The summed E-state index contributed by atoms with van der Waals surface area (Å²) < 4.78 is 5.54. The highest BCUT2D eigenvalue weighted by atomic mass is 16.5. The van der Waals surface area contributed by atoms with Crippen LogP contribution in [0.2, 0.25) is 0 Å². The van der Waals surface area contributed by atoms with Gasteiger partial charge in [-0.1, -0.05) is 24.3 Å². The molecule has 0 spiro atoms. The van der Waals surface area contributed by atoms with Gasteiger partial charge in [-0.25, -0.2) is 0 Å². The van der Waals surface area contributed by atoms with Crippen LogP contribution in [0.3, 0.4) is 0 Å². The van der Waals surface area contributed by atoms with Gasteiger partial charge in [0.1, 0.15) is 0 Å². The molecule has 1 aromatic carbocycles. The average molecular weight is 242 g/mol. The molecule has 3 nitrogen and oxygen atoms in total. The first-order valence-corrected chi connectivity index (χ1v) is 6.52. The minimum Gasteiger partial charge on any atom is -0.377 e. The largest absolute Gasteiger partial charge is 0.377 e. The Morgan fingerprint density at radius 2 is 2.17 bits per heavy atom. The van der Waals surface area contributed by atoms with Gasteiger partial charge in [0.05, 0.1) is 17.3 Å². The first-order chi connectivity index (χ1) is 8.83. The third-order valence-electron chi connectivity index (χ3n) is 3.58. The third-order valence-corrected chi connectivity index (χ3v) is 3.58. The molecule has 2 atom stereocenters. The standard InChI is InChI=1S/C15H18N2O/c1-11-14(8-9-18-11)16-10-13-7-6-12-4-2-3-5-15(12)17-13/h2-7,11,14,16H,8-10H2,1H3. The molecule has 1 aliphatic rings. The van der Waals surface area contributed by atoms with E-state index in [2.05, 4.69) is 41.5 Å². The molecule has 1 saturated heterocycles. The summed E-state index contributed by atoms with van der Waals surface area (Å²) in [5, 5.41) is 4.72. The molecule has 0 bridgehead atoms. The Labute approximate surface area is 107 Å². The Hall–Kier alpha value is -1.45. The Morgan fingerprint density at radius 1 is 1.28 bits per heavy atom. The summed E-state index contributed by atoms with van der Waals surface area (Å²) in [6.07, 6.45) is 1.40. The summed E-state index contributed by atoms with van der Waals surface area (Å²) in [6.45, 7) is 3.80. The van der Waals surface area contributed by atoms with Crippen molar-refractivity contribution in [2.45, 2.75) is 32.0 Å². The molecule has 0 saturated carbocycles. The number of aromatic nitrogens is 1. The van der Waals surface area contributed by atoms with Crippen molar-refractivity contribution in [2.75, 3.05) is 6.61 Å². The lowest BCUT2D eigenvalue weighted by molar-refractivity contribution is 0.113. The zero-order valence-corrected chi connectivity index (χ0v) is 10.6. The predicted octanol–water partition coefficient (Wildman–Crippen LogP) is 2.50. The number of nitrogens with zero attached hydrogens (tertiary/aromatic N) is 1. The van der Waals surface area contributed by atoms with Crippen LogP contribution in [0.5, 0.6) is 0 Å². The second-order valence-electron chi connectivity index (χ2n) is 4.85. The molecule has 1 fully saturated rings. The van der Waals surface area contributed by atoms with Crippen molar-refractivity contribution in [1.82, 2.24) is 10.3 Å². The number of benzene rings is 1. The summed E-state index contributed by atoms with van der Waals surface area (Å²) in [5.74, 6) is 0. The van der Waals surface area contributed by atoms with E-state index in [1.54, 1.807) is 0 Å². The molecular formula is C15H18N2O. The van der Waals surface area contributed by atoms with E-state index in [1.807, 2.05) is 12.1 Å². The first-order valence-electron chi connectivity index (χ1n) is 6.52. The van der Waals surface area contributed by atoms with E-state index in [4.69, 9.17) is 4.74 Å². The Bertz CT molecular complexity index is 541. The number of hydrogen-bond acceptors (Lipinski definition) is 3. The molecule has 3 heteroatoms. The average Bonchev–Trinajstić information content (AvgIpc) is 2.82. The number of nitrogens with one attached hydrogen (secondary N) is 1. The fourth-order valence-corrected chi connectivity index (χ4v) is 2.44. The van der Waals surface area contributed by atoms with Crippen LogP contribution in [0.15, 0.2) is 36.4 Å². The fraction of sp³-hybridized carbons (Fsp3) is 0.400. The van der Waals surface area contributed by atoms with E-state index in [0.29, 0.717) is 12.1 Å². The van der Waals surface area contributed by atoms with E-state index >= 15 is 0 Å². The normalized spacial score (nSPS) is 23.6. The molecule has 0 radical (unpaired) electrons. The van der Waals surface area contributed by atoms with Crippen LogP contribution >= 0.6 is 0 Å². The van der Waals surface area contributed by atoms with Gasteiger partial charge in [-0.3, -0.25) is 4.98 Å². The van der Waals surface area contributed by atoms with Gasteiger partial charge in [0, 0.05) is 24.6 Å². The Balaban J connectivity index is 1.71. The summed E-state index contributed by atoms with van der Waals surface area (Å²) >= 11 is 0. The summed E-state index contributed by atoms with van der Waals surface area (Å²) in [7, 11) is 0. The van der Waals surface area contributed by atoms with Crippen LogP contribution < -0.4 is 5.32 Å². The Kier molecular flexibility index (Phi) is 3.26. The maximum absolute atomic E-state index is 5.54. The smallest absolute Gasteiger partial charge is 0.0705 e. The topological polar surface area (TPSA) is 34.1 Å². The second kappa shape index (κ2) is 5.04. The highest BCUT2D eigenvalue weighted by molar-refractivity contribution is 5.78. The van der Waals surface area contributed by atoms with Gasteiger partial charge in [0.15, 0.2) is 0 Å². The van der Waals surface area contributed by atoms with E-state index in [1.165, 1.54) is 5.39 Å². The van der Waals surface area contributed by atoms with E-state index in [9.17, 15) is 0 Å². The van der Waals surface area contributed by atoms with Gasteiger partial charge in [0.2, 0.25) is 0 Å². The molecule has 1 N–H and O–H groups in total. The van der Waals surface area contributed by atoms with Crippen LogP contribution in [0.1, 0.15) is 19.0 Å². The number of pyridine rings is 1. The highest BCUT2D eigenvalue weighted by Crippen LogP contribution is 2.14. The van der Waals surface area contributed by atoms with Gasteiger partial charge < -0.3 is 10.1 Å². The molecule has 2 aromatic rings. The molecule has 0 aliphatic carbocycles. The molecule has 2 heterocycles. The molecule has 1 aromatic heterocycles. The van der Waals surface area contributed by atoms with Crippen molar-refractivity contribution >= 4 is 10.9 Å². The van der Waals surface area contributed by atoms with Crippen molar-refractivity contribution in [3.05, 3.63) is 42.1 Å². The van der Waals surface area contributed by atoms with Crippen molar-refractivity contribution < 1.29 is 4.74 Å². The predicted molar refractivity (Wildman–Crippen MR) is 72.4 cm³/mol. The maximum Gasteiger partial charge on any atom is 0.0705 e. The van der Waals surface area contributed by atoms with Crippen molar-refractivity contribution in [3.8, 4) is 0 Å². The molecule has 0 amide bonds. The van der Waals surface area contributed by atoms with Crippen LogP contribution in [-0.2, 0) is 11.3 Å². The number of hydrogen-bond donors (Lipinski definition) is 1. The summed E-state index contributed by atoms with van der Waals surface area (Å²) in [4.78, 5) is 4.66. The lowest BCUT2D eigenvalue weighted by Crippen LogP contribution is -2.34. The quantitative estimate of drug-likeness (QED) is 0.898. The zero-order chi connectivity index (χ0) is 12.4. The third kappa shape index (κ3) is 2.37. The lowest BCUT2D eigenvalue weighted by Gasteiger charge is -2.15. The monoisotopic (exact) mass is 242 g/mol. The minimum absolute atomic E-state index is 0.311. The lowest BCUT2D eigenvalue weighted by atomic mass is 10.1. The number of para-hydroxylation sites is 1. The molecule has 1 aliphatic heterocycles. The molecule has 94 valence electrons. The van der Waals surface area contributed by atoms with Crippen molar-refractivity contribution in [1.29, 1.82) is 0 Å². The van der Waals surface area contributed by atoms with Crippen LogP contribution in [0, 0.1) is 0 Å².